The highest BCUT2D eigenvalue weighted by atomic mass is 32.2. The summed E-state index contributed by atoms with van der Waals surface area (Å²) in [4.78, 5) is 15.9. The first-order valence-corrected chi connectivity index (χ1v) is 8.56. The number of carbonyl (C=O) groups is 1. The predicted octanol–water partition coefficient (Wildman–Crippen LogP) is 2.44. The van der Waals surface area contributed by atoms with Crippen molar-refractivity contribution in [2.75, 3.05) is 12.3 Å². The van der Waals surface area contributed by atoms with Crippen LogP contribution in [0, 0.1) is 0 Å². The zero-order valence-corrected chi connectivity index (χ0v) is 12.6. The van der Waals surface area contributed by atoms with Crippen molar-refractivity contribution in [2.45, 2.75) is 48.5 Å². The average molecular weight is 300 g/mol. The van der Waals surface area contributed by atoms with Crippen molar-refractivity contribution in [3.8, 4) is 0 Å². The molecule has 2 N–H and O–H groups in total. The van der Waals surface area contributed by atoms with E-state index in [1.54, 1.807) is 29.3 Å². The molecule has 4 nitrogen and oxygen atoms in total. The molecule has 0 spiro atoms. The van der Waals surface area contributed by atoms with Crippen LogP contribution in [0.25, 0.3) is 0 Å². The molecule has 0 aliphatic heterocycles. The minimum Gasteiger partial charge on any atom is -0.389 e. The number of carbonyl (C=O) groups excluding carboxylic acids is 1. The van der Waals surface area contributed by atoms with Crippen LogP contribution < -0.4 is 5.32 Å². The van der Waals surface area contributed by atoms with Gasteiger partial charge in [0.15, 0.2) is 0 Å². The van der Waals surface area contributed by atoms with Gasteiger partial charge in [0, 0.05) is 23.9 Å². The Morgan fingerprint density at radius 1 is 1.53 bits per heavy atom. The second kappa shape index (κ2) is 7.26. The number of thioether (sulfide) groups is 1. The first-order valence-electron chi connectivity index (χ1n) is 6.69. The first kappa shape index (κ1) is 14.8. The van der Waals surface area contributed by atoms with Crippen LogP contribution in [0.15, 0.2) is 15.9 Å². The second-order valence-electron chi connectivity index (χ2n) is 4.96. The number of aliphatic hydroxyl groups is 1. The van der Waals surface area contributed by atoms with Crippen molar-refractivity contribution in [1.29, 1.82) is 0 Å². The molecule has 106 valence electrons. The SMILES string of the molecule is O=C(CC1(O)CCCC1)NCCCSc1nccs1. The van der Waals surface area contributed by atoms with Gasteiger partial charge in [-0.05, 0) is 19.3 Å². The van der Waals surface area contributed by atoms with Crippen LogP contribution in [0.1, 0.15) is 38.5 Å². The fraction of sp³-hybridized carbons (Fsp3) is 0.692. The van der Waals surface area contributed by atoms with Gasteiger partial charge in [-0.1, -0.05) is 24.6 Å². The van der Waals surface area contributed by atoms with E-state index in [0.29, 0.717) is 6.54 Å². The van der Waals surface area contributed by atoms with Crippen molar-refractivity contribution >= 4 is 29.0 Å². The third-order valence-electron chi connectivity index (χ3n) is 3.30. The maximum atomic E-state index is 11.7. The Bertz CT molecular complexity index is 389. The Hall–Kier alpha value is -0.590. The van der Waals surface area contributed by atoms with Crippen molar-refractivity contribution in [3.05, 3.63) is 11.6 Å². The number of rotatable bonds is 7. The molecule has 1 heterocycles. The van der Waals surface area contributed by atoms with E-state index in [9.17, 15) is 9.90 Å². The molecule has 1 saturated carbocycles. The molecule has 1 fully saturated rings. The van der Waals surface area contributed by atoms with E-state index in [0.717, 1.165) is 42.2 Å². The maximum absolute atomic E-state index is 11.7. The lowest BCUT2D eigenvalue weighted by Crippen LogP contribution is -2.35. The van der Waals surface area contributed by atoms with E-state index >= 15 is 0 Å². The summed E-state index contributed by atoms with van der Waals surface area (Å²) in [5, 5.41) is 15.0. The van der Waals surface area contributed by atoms with Crippen LogP contribution in [0.4, 0.5) is 0 Å². The summed E-state index contributed by atoms with van der Waals surface area (Å²) in [6, 6.07) is 0. The molecule has 19 heavy (non-hydrogen) atoms. The van der Waals surface area contributed by atoms with Crippen LogP contribution in [0.5, 0.6) is 0 Å². The number of aromatic nitrogens is 1. The smallest absolute Gasteiger partial charge is 0.222 e. The highest BCUT2D eigenvalue weighted by molar-refractivity contribution is 8.00. The summed E-state index contributed by atoms with van der Waals surface area (Å²) in [6.07, 6.45) is 6.58. The Kier molecular flexibility index (Phi) is 5.66. The van der Waals surface area contributed by atoms with Gasteiger partial charge in [0.2, 0.25) is 5.91 Å². The molecule has 1 aromatic heterocycles. The topological polar surface area (TPSA) is 62.2 Å². The van der Waals surface area contributed by atoms with Crippen LogP contribution >= 0.6 is 23.1 Å². The fourth-order valence-electron chi connectivity index (χ4n) is 2.31. The highest BCUT2D eigenvalue weighted by Gasteiger charge is 2.33. The number of thiazole rings is 1. The summed E-state index contributed by atoms with van der Waals surface area (Å²) < 4.78 is 1.08. The Morgan fingerprint density at radius 2 is 2.32 bits per heavy atom. The fourth-order valence-corrected chi connectivity index (χ4v) is 3.96. The number of amides is 1. The van der Waals surface area contributed by atoms with E-state index < -0.39 is 5.60 Å². The van der Waals surface area contributed by atoms with Gasteiger partial charge in [-0.15, -0.1) is 11.3 Å². The van der Waals surface area contributed by atoms with Crippen LogP contribution in [-0.4, -0.2) is 33.9 Å². The van der Waals surface area contributed by atoms with Gasteiger partial charge in [-0.3, -0.25) is 4.79 Å². The van der Waals surface area contributed by atoms with Crippen LogP contribution in [-0.2, 0) is 4.79 Å². The van der Waals surface area contributed by atoms with Gasteiger partial charge < -0.3 is 10.4 Å². The summed E-state index contributed by atoms with van der Waals surface area (Å²) in [6.45, 7) is 0.674. The first-order chi connectivity index (χ1) is 9.18. The van der Waals surface area contributed by atoms with Gasteiger partial charge in [0.1, 0.15) is 4.34 Å². The maximum Gasteiger partial charge on any atom is 0.222 e. The molecule has 2 rings (SSSR count). The van der Waals surface area contributed by atoms with E-state index in [1.807, 2.05) is 5.38 Å². The quantitative estimate of drug-likeness (QED) is 0.600. The summed E-state index contributed by atoms with van der Waals surface area (Å²) in [5.74, 6) is 0.932. The molecular formula is C13H20N2O2S2. The highest BCUT2D eigenvalue weighted by Crippen LogP contribution is 2.32. The third kappa shape index (κ3) is 5.12. The third-order valence-corrected chi connectivity index (χ3v) is 5.35. The molecule has 1 aromatic rings. The Balaban J connectivity index is 1.54. The normalized spacial score (nSPS) is 17.5. The molecule has 0 radical (unpaired) electrons. The van der Waals surface area contributed by atoms with E-state index in [2.05, 4.69) is 10.3 Å². The molecular weight excluding hydrogens is 280 g/mol. The van der Waals surface area contributed by atoms with Crippen molar-refractivity contribution < 1.29 is 9.90 Å². The lowest BCUT2D eigenvalue weighted by atomic mass is 9.98. The zero-order valence-electron chi connectivity index (χ0n) is 10.9. The summed E-state index contributed by atoms with van der Waals surface area (Å²) in [5.41, 5.74) is -0.736. The van der Waals surface area contributed by atoms with Gasteiger partial charge in [-0.25, -0.2) is 4.98 Å². The lowest BCUT2D eigenvalue weighted by molar-refractivity contribution is -0.125. The Labute approximate surface area is 122 Å². The molecule has 1 amide bonds. The molecule has 0 saturated heterocycles. The van der Waals surface area contributed by atoms with Gasteiger partial charge in [0.25, 0.3) is 0 Å². The molecule has 0 bridgehead atoms. The minimum absolute atomic E-state index is 0.0244. The van der Waals surface area contributed by atoms with E-state index in [1.165, 1.54) is 0 Å². The molecule has 1 aliphatic carbocycles. The molecule has 1 aliphatic rings. The number of hydrogen-bond acceptors (Lipinski definition) is 5. The van der Waals surface area contributed by atoms with Gasteiger partial charge in [-0.2, -0.15) is 0 Å². The average Bonchev–Trinajstić information content (AvgIpc) is 3.00. The largest absolute Gasteiger partial charge is 0.389 e. The molecule has 0 atom stereocenters. The zero-order chi connectivity index (χ0) is 13.6. The Morgan fingerprint density at radius 3 is 3.00 bits per heavy atom. The monoisotopic (exact) mass is 300 g/mol. The van der Waals surface area contributed by atoms with Crippen molar-refractivity contribution in [3.63, 3.8) is 0 Å². The number of nitrogens with zero attached hydrogens (tertiary/aromatic N) is 1. The molecule has 6 heteroatoms. The second-order valence-corrected chi connectivity index (χ2v) is 7.19. The standard InChI is InChI=1S/C13H20N2O2S2/c16-11(10-13(17)4-1-2-5-13)14-6-3-8-18-12-15-7-9-19-12/h7,9,17H,1-6,8,10H2,(H,14,16). The van der Waals surface area contributed by atoms with Crippen molar-refractivity contribution in [1.82, 2.24) is 10.3 Å². The van der Waals surface area contributed by atoms with Gasteiger partial charge in [0.05, 0.1) is 12.0 Å². The molecule has 0 aromatic carbocycles. The number of hydrogen-bond donors (Lipinski definition) is 2. The summed E-state index contributed by atoms with van der Waals surface area (Å²) >= 11 is 3.36. The van der Waals surface area contributed by atoms with Crippen molar-refractivity contribution in [2.24, 2.45) is 0 Å². The minimum atomic E-state index is -0.736. The van der Waals surface area contributed by atoms with Gasteiger partial charge >= 0.3 is 0 Å². The van der Waals surface area contributed by atoms with E-state index in [4.69, 9.17) is 0 Å². The van der Waals surface area contributed by atoms with Crippen LogP contribution in [0.3, 0.4) is 0 Å². The lowest BCUT2D eigenvalue weighted by Gasteiger charge is -2.21. The molecule has 0 unspecified atom stereocenters. The van der Waals surface area contributed by atoms with E-state index in [-0.39, 0.29) is 12.3 Å². The predicted molar refractivity (Wildman–Crippen MR) is 78.5 cm³/mol. The summed E-state index contributed by atoms with van der Waals surface area (Å²) in [7, 11) is 0. The number of nitrogens with one attached hydrogen (secondary N) is 1. The van der Waals surface area contributed by atoms with Crippen LogP contribution in [0.2, 0.25) is 0 Å².